The van der Waals surface area contributed by atoms with Crippen LogP contribution in [-0.2, 0) is 19.8 Å². The third-order valence-electron chi connectivity index (χ3n) is 2.74. The van der Waals surface area contributed by atoms with Crippen molar-refractivity contribution in [3.63, 3.8) is 0 Å². The second-order valence-corrected chi connectivity index (χ2v) is 6.15. The van der Waals surface area contributed by atoms with Crippen LogP contribution in [0.1, 0.15) is 11.4 Å². The zero-order chi connectivity index (χ0) is 13.2. The molecule has 5 nitrogen and oxygen atoms in total. The van der Waals surface area contributed by atoms with Gasteiger partial charge in [0, 0.05) is 14.2 Å². The van der Waals surface area contributed by atoms with E-state index in [0.29, 0.717) is 5.69 Å². The highest BCUT2D eigenvalue weighted by Crippen LogP contribution is 2.49. The van der Waals surface area contributed by atoms with Crippen molar-refractivity contribution in [3.8, 4) is 0 Å². The van der Waals surface area contributed by atoms with Crippen LogP contribution in [0.4, 0.5) is 0 Å². The third-order valence-corrected chi connectivity index (χ3v) is 4.54. The first kappa shape index (κ1) is 13.1. The molecule has 0 spiro atoms. The summed E-state index contributed by atoms with van der Waals surface area (Å²) in [7, 11) is -0.372. The highest BCUT2D eigenvalue weighted by molar-refractivity contribution is 7.52. The predicted molar refractivity (Wildman–Crippen MR) is 69.6 cm³/mol. The fraction of sp³-hybridized carbons (Fsp3) is 0.333. The highest BCUT2D eigenvalue weighted by atomic mass is 31.2. The highest BCUT2D eigenvalue weighted by Gasteiger charge is 2.24. The predicted octanol–water partition coefficient (Wildman–Crippen LogP) is 2.92. The Balaban J connectivity index is 2.45. The summed E-state index contributed by atoms with van der Waals surface area (Å²) in [5.41, 5.74) is 2.98. The first-order valence-corrected chi connectivity index (χ1v) is 7.23. The first-order valence-electron chi connectivity index (χ1n) is 5.51. The van der Waals surface area contributed by atoms with Crippen molar-refractivity contribution < 1.29 is 13.6 Å². The number of hydrogen-bond acceptors (Lipinski definition) is 5. The molecule has 2 aromatic rings. The maximum absolute atomic E-state index is 12.1. The standard InChI is InChI=1S/C12H15N2O3P/c1-9-12(8-18(15,16-2)17-3)14-11-7-5-4-6-10(11)13-9/h4-7H,8H2,1-3H3. The zero-order valence-corrected chi connectivity index (χ0v) is 11.5. The minimum Gasteiger partial charge on any atom is -0.312 e. The summed E-state index contributed by atoms with van der Waals surface area (Å²) in [5, 5.41) is 0. The maximum Gasteiger partial charge on any atom is 0.336 e. The number of aromatic nitrogens is 2. The number of fused-ring (bicyclic) bond motifs is 1. The molecule has 0 radical (unpaired) electrons. The van der Waals surface area contributed by atoms with E-state index in [2.05, 4.69) is 9.97 Å². The number of para-hydroxylation sites is 2. The van der Waals surface area contributed by atoms with Gasteiger partial charge < -0.3 is 9.05 Å². The molecule has 1 aromatic heterocycles. The van der Waals surface area contributed by atoms with Gasteiger partial charge in [0.1, 0.15) is 0 Å². The van der Waals surface area contributed by atoms with Crippen LogP contribution in [0.25, 0.3) is 11.0 Å². The number of hydrogen-bond donors (Lipinski definition) is 0. The molecule has 18 heavy (non-hydrogen) atoms. The smallest absolute Gasteiger partial charge is 0.312 e. The Kier molecular flexibility index (Phi) is 3.76. The Morgan fingerprint density at radius 1 is 1.11 bits per heavy atom. The maximum atomic E-state index is 12.1. The number of aryl methyl sites for hydroxylation is 1. The molecule has 0 bridgehead atoms. The number of benzene rings is 1. The van der Waals surface area contributed by atoms with Gasteiger partial charge in [0.05, 0.1) is 28.6 Å². The van der Waals surface area contributed by atoms with E-state index in [1.54, 1.807) is 0 Å². The topological polar surface area (TPSA) is 61.3 Å². The van der Waals surface area contributed by atoms with Gasteiger partial charge in [-0.3, -0.25) is 4.57 Å². The minimum atomic E-state index is -3.11. The van der Waals surface area contributed by atoms with Crippen molar-refractivity contribution in [2.45, 2.75) is 13.1 Å². The molecule has 2 rings (SSSR count). The summed E-state index contributed by atoms with van der Waals surface area (Å²) >= 11 is 0. The largest absolute Gasteiger partial charge is 0.336 e. The molecule has 0 aliphatic rings. The lowest BCUT2D eigenvalue weighted by molar-refractivity contribution is 0.274. The molecule has 6 heteroatoms. The van der Waals surface area contributed by atoms with Gasteiger partial charge in [0.2, 0.25) is 0 Å². The number of rotatable bonds is 4. The van der Waals surface area contributed by atoms with Crippen molar-refractivity contribution >= 4 is 18.6 Å². The summed E-state index contributed by atoms with van der Waals surface area (Å²) in [6.45, 7) is 1.84. The fourth-order valence-corrected chi connectivity index (χ4v) is 2.74. The van der Waals surface area contributed by atoms with Crippen LogP contribution in [0, 0.1) is 6.92 Å². The lowest BCUT2D eigenvalue weighted by Crippen LogP contribution is -2.01. The molecule has 96 valence electrons. The lowest BCUT2D eigenvalue weighted by atomic mass is 10.2. The molecule has 1 heterocycles. The van der Waals surface area contributed by atoms with Crippen molar-refractivity contribution in [2.75, 3.05) is 14.2 Å². The Morgan fingerprint density at radius 3 is 2.22 bits per heavy atom. The third kappa shape index (κ3) is 2.58. The lowest BCUT2D eigenvalue weighted by Gasteiger charge is -2.14. The van der Waals surface area contributed by atoms with E-state index >= 15 is 0 Å². The molecule has 0 atom stereocenters. The molecule has 0 N–H and O–H groups in total. The van der Waals surface area contributed by atoms with Crippen LogP contribution in [0.15, 0.2) is 24.3 Å². The SMILES string of the molecule is COP(=O)(Cc1nc2ccccc2nc1C)OC. The second-order valence-electron chi connectivity index (χ2n) is 3.88. The average Bonchev–Trinajstić information content (AvgIpc) is 2.39. The molecule has 0 fully saturated rings. The van der Waals surface area contributed by atoms with Crippen LogP contribution < -0.4 is 0 Å². The molecule has 1 aromatic carbocycles. The van der Waals surface area contributed by atoms with Gasteiger partial charge >= 0.3 is 7.60 Å². The van der Waals surface area contributed by atoms with E-state index in [4.69, 9.17) is 9.05 Å². The van der Waals surface area contributed by atoms with Crippen LogP contribution in [0.2, 0.25) is 0 Å². The molecule has 0 saturated carbocycles. The minimum absolute atomic E-state index is 0.129. The Bertz CT molecular complexity index is 607. The molecular formula is C12H15N2O3P. The van der Waals surface area contributed by atoms with Crippen molar-refractivity contribution in [2.24, 2.45) is 0 Å². The summed E-state index contributed by atoms with van der Waals surface area (Å²) in [5.74, 6) is 0. The van der Waals surface area contributed by atoms with Crippen LogP contribution >= 0.6 is 7.60 Å². The van der Waals surface area contributed by atoms with Crippen molar-refractivity contribution in [3.05, 3.63) is 35.7 Å². The van der Waals surface area contributed by atoms with E-state index < -0.39 is 7.60 Å². The molecular weight excluding hydrogens is 251 g/mol. The zero-order valence-electron chi connectivity index (χ0n) is 10.6. The van der Waals surface area contributed by atoms with Gasteiger partial charge in [0.25, 0.3) is 0 Å². The Labute approximate surface area is 106 Å². The van der Waals surface area contributed by atoms with Crippen LogP contribution in [0.3, 0.4) is 0 Å². The van der Waals surface area contributed by atoms with Crippen molar-refractivity contribution in [1.29, 1.82) is 0 Å². The van der Waals surface area contributed by atoms with E-state index in [1.807, 2.05) is 31.2 Å². The van der Waals surface area contributed by atoms with Gasteiger partial charge in [-0.25, -0.2) is 9.97 Å². The Hall–Kier alpha value is -1.29. The normalized spacial score (nSPS) is 11.9. The average molecular weight is 266 g/mol. The van der Waals surface area contributed by atoms with Crippen LogP contribution in [0.5, 0.6) is 0 Å². The summed E-state index contributed by atoms with van der Waals surface area (Å²) in [4.78, 5) is 8.89. The molecule has 0 unspecified atom stereocenters. The van der Waals surface area contributed by atoms with Gasteiger partial charge in [0.15, 0.2) is 0 Å². The van der Waals surface area contributed by atoms with Gasteiger partial charge in [-0.05, 0) is 19.1 Å². The Morgan fingerprint density at radius 2 is 1.67 bits per heavy atom. The summed E-state index contributed by atoms with van der Waals surface area (Å²) in [6.07, 6.45) is 0.129. The van der Waals surface area contributed by atoms with Crippen molar-refractivity contribution in [1.82, 2.24) is 9.97 Å². The van der Waals surface area contributed by atoms with Gasteiger partial charge in [-0.1, -0.05) is 12.1 Å². The number of nitrogens with zero attached hydrogens (tertiary/aromatic N) is 2. The monoisotopic (exact) mass is 266 g/mol. The summed E-state index contributed by atoms with van der Waals surface area (Å²) in [6, 6.07) is 7.56. The van der Waals surface area contributed by atoms with E-state index in [9.17, 15) is 4.57 Å². The first-order chi connectivity index (χ1) is 8.58. The molecule has 0 amide bonds. The fourth-order valence-electron chi connectivity index (χ4n) is 1.66. The van der Waals surface area contributed by atoms with Gasteiger partial charge in [-0.2, -0.15) is 0 Å². The van der Waals surface area contributed by atoms with E-state index in [-0.39, 0.29) is 6.16 Å². The van der Waals surface area contributed by atoms with E-state index in [0.717, 1.165) is 16.7 Å². The molecule has 0 aliphatic carbocycles. The van der Waals surface area contributed by atoms with Crippen LogP contribution in [-0.4, -0.2) is 24.2 Å². The molecule has 0 saturated heterocycles. The second kappa shape index (κ2) is 5.14. The van der Waals surface area contributed by atoms with E-state index in [1.165, 1.54) is 14.2 Å². The van der Waals surface area contributed by atoms with Gasteiger partial charge in [-0.15, -0.1) is 0 Å². The quantitative estimate of drug-likeness (QED) is 0.796. The summed E-state index contributed by atoms with van der Waals surface area (Å²) < 4.78 is 21.9. The molecule has 0 aliphatic heterocycles.